The molecule has 0 aliphatic heterocycles. The number of urea groups is 1. The number of H-pyrrole nitrogens is 1. The lowest BCUT2D eigenvalue weighted by Gasteiger charge is -2.17. The Morgan fingerprint density at radius 1 is 1.15 bits per heavy atom. The summed E-state index contributed by atoms with van der Waals surface area (Å²) in [6.45, 7) is 0. The Balaban J connectivity index is 1.74. The van der Waals surface area contributed by atoms with Crippen molar-refractivity contribution in [1.29, 1.82) is 0 Å². The quantitative estimate of drug-likeness (QED) is 0.555. The highest BCUT2D eigenvalue weighted by atomic mass is 35.5. The van der Waals surface area contributed by atoms with Crippen LogP contribution in [-0.2, 0) is 11.2 Å². The van der Waals surface area contributed by atoms with E-state index < -0.39 is 12.1 Å². The third-order valence-corrected chi connectivity index (χ3v) is 4.28. The Morgan fingerprint density at radius 2 is 1.96 bits per heavy atom. The number of amides is 3. The molecule has 3 amide bonds. The van der Waals surface area contributed by atoms with E-state index in [9.17, 15) is 9.59 Å². The van der Waals surface area contributed by atoms with Crippen LogP contribution in [0.25, 0.3) is 10.9 Å². The highest BCUT2D eigenvalue weighted by Crippen LogP contribution is 2.19. The van der Waals surface area contributed by atoms with Crippen molar-refractivity contribution in [2.75, 3.05) is 12.4 Å². The number of para-hydroxylation sites is 1. The third kappa shape index (κ3) is 4.15. The van der Waals surface area contributed by atoms with Crippen molar-refractivity contribution in [1.82, 2.24) is 15.6 Å². The van der Waals surface area contributed by atoms with Crippen LogP contribution in [0, 0.1) is 0 Å². The predicted molar refractivity (Wildman–Crippen MR) is 103 cm³/mol. The summed E-state index contributed by atoms with van der Waals surface area (Å²) in [6, 6.07) is 13.5. The van der Waals surface area contributed by atoms with E-state index in [0.29, 0.717) is 17.1 Å². The number of carbonyl (C=O) groups is 2. The largest absolute Gasteiger partial charge is 0.361 e. The minimum absolute atomic E-state index is 0.267. The van der Waals surface area contributed by atoms with E-state index >= 15 is 0 Å². The molecule has 1 atom stereocenters. The molecule has 4 N–H and O–H groups in total. The van der Waals surface area contributed by atoms with Gasteiger partial charge in [0, 0.05) is 41.3 Å². The van der Waals surface area contributed by atoms with Crippen molar-refractivity contribution >= 4 is 40.1 Å². The summed E-state index contributed by atoms with van der Waals surface area (Å²) in [5.74, 6) is -0.267. The number of hydrogen-bond donors (Lipinski definition) is 4. The molecule has 134 valence electrons. The van der Waals surface area contributed by atoms with Gasteiger partial charge in [-0.15, -0.1) is 0 Å². The number of hydrogen-bond acceptors (Lipinski definition) is 2. The second-order valence-electron chi connectivity index (χ2n) is 5.84. The Bertz CT molecular complexity index is 938. The van der Waals surface area contributed by atoms with Crippen molar-refractivity contribution in [3.8, 4) is 0 Å². The molecule has 0 aliphatic carbocycles. The molecular weight excluding hydrogens is 352 g/mol. The topological polar surface area (TPSA) is 86.0 Å². The first-order valence-corrected chi connectivity index (χ1v) is 8.54. The van der Waals surface area contributed by atoms with Crippen molar-refractivity contribution in [2.24, 2.45) is 0 Å². The average Bonchev–Trinajstić information content (AvgIpc) is 3.03. The van der Waals surface area contributed by atoms with Crippen molar-refractivity contribution in [2.45, 2.75) is 12.5 Å². The molecule has 0 saturated carbocycles. The van der Waals surface area contributed by atoms with Crippen LogP contribution in [0.1, 0.15) is 5.56 Å². The smallest absolute Gasteiger partial charge is 0.319 e. The van der Waals surface area contributed by atoms with E-state index in [1.54, 1.807) is 31.3 Å². The van der Waals surface area contributed by atoms with Gasteiger partial charge >= 0.3 is 6.03 Å². The Kier molecular flexibility index (Phi) is 5.43. The van der Waals surface area contributed by atoms with Gasteiger partial charge in [0.2, 0.25) is 5.91 Å². The van der Waals surface area contributed by atoms with E-state index in [1.807, 2.05) is 30.5 Å². The zero-order chi connectivity index (χ0) is 18.5. The number of anilines is 1. The Labute approximate surface area is 155 Å². The number of likely N-dealkylation sites (N-methyl/N-ethyl adjacent to an activating group) is 1. The summed E-state index contributed by atoms with van der Waals surface area (Å²) >= 11 is 5.92. The fraction of sp³-hybridized carbons (Fsp3) is 0.158. The highest BCUT2D eigenvalue weighted by Gasteiger charge is 2.21. The molecule has 1 aromatic heterocycles. The van der Waals surface area contributed by atoms with E-state index in [-0.39, 0.29) is 5.91 Å². The predicted octanol–water partition coefficient (Wildman–Crippen LogP) is 3.30. The van der Waals surface area contributed by atoms with Gasteiger partial charge < -0.3 is 20.9 Å². The first-order valence-electron chi connectivity index (χ1n) is 8.16. The summed E-state index contributed by atoms with van der Waals surface area (Å²) in [5.41, 5.74) is 2.50. The molecule has 3 rings (SSSR count). The van der Waals surface area contributed by atoms with Crippen LogP contribution < -0.4 is 16.0 Å². The summed E-state index contributed by atoms with van der Waals surface area (Å²) in [5, 5.41) is 9.54. The average molecular weight is 371 g/mol. The molecule has 3 aromatic rings. The molecule has 26 heavy (non-hydrogen) atoms. The lowest BCUT2D eigenvalue weighted by molar-refractivity contribution is -0.122. The molecule has 6 nitrogen and oxygen atoms in total. The number of fused-ring (bicyclic) bond motifs is 1. The van der Waals surface area contributed by atoms with Crippen LogP contribution >= 0.6 is 11.6 Å². The molecular formula is C19H19ClN4O2. The normalized spacial score (nSPS) is 11.8. The van der Waals surface area contributed by atoms with Crippen molar-refractivity contribution in [3.63, 3.8) is 0 Å². The number of nitrogens with one attached hydrogen (secondary N) is 4. The van der Waals surface area contributed by atoms with E-state index in [1.165, 1.54) is 0 Å². The van der Waals surface area contributed by atoms with Gasteiger partial charge in [-0.3, -0.25) is 4.79 Å². The molecule has 0 fully saturated rings. The molecule has 0 bridgehead atoms. The van der Waals surface area contributed by atoms with E-state index in [4.69, 9.17) is 11.6 Å². The number of carbonyl (C=O) groups excluding carboxylic acids is 2. The number of aromatic nitrogens is 1. The molecule has 2 aromatic carbocycles. The molecule has 0 aliphatic rings. The van der Waals surface area contributed by atoms with Gasteiger partial charge in [-0.05, 0) is 29.8 Å². The number of rotatable bonds is 5. The van der Waals surface area contributed by atoms with Crippen LogP contribution in [0.15, 0.2) is 54.7 Å². The minimum Gasteiger partial charge on any atom is -0.361 e. The van der Waals surface area contributed by atoms with Crippen LogP contribution in [0.4, 0.5) is 10.5 Å². The van der Waals surface area contributed by atoms with Crippen LogP contribution in [0.2, 0.25) is 5.02 Å². The Morgan fingerprint density at radius 3 is 2.73 bits per heavy atom. The maximum atomic E-state index is 12.3. The molecule has 1 heterocycles. The second-order valence-corrected chi connectivity index (χ2v) is 6.28. The summed E-state index contributed by atoms with van der Waals surface area (Å²) in [4.78, 5) is 27.7. The van der Waals surface area contributed by atoms with E-state index in [2.05, 4.69) is 20.9 Å². The summed E-state index contributed by atoms with van der Waals surface area (Å²) in [6.07, 6.45) is 2.23. The minimum atomic E-state index is -0.710. The van der Waals surface area contributed by atoms with Gasteiger partial charge in [0.25, 0.3) is 0 Å². The third-order valence-electron chi connectivity index (χ3n) is 4.05. The fourth-order valence-corrected chi connectivity index (χ4v) is 2.99. The maximum Gasteiger partial charge on any atom is 0.319 e. The van der Waals surface area contributed by atoms with Gasteiger partial charge in [0.15, 0.2) is 0 Å². The molecule has 0 spiro atoms. The second kappa shape index (κ2) is 7.93. The van der Waals surface area contributed by atoms with Crippen LogP contribution in [0.3, 0.4) is 0 Å². The maximum absolute atomic E-state index is 12.3. The van der Waals surface area contributed by atoms with Crippen LogP contribution in [-0.4, -0.2) is 30.0 Å². The first-order chi connectivity index (χ1) is 12.6. The highest BCUT2D eigenvalue weighted by molar-refractivity contribution is 6.30. The van der Waals surface area contributed by atoms with E-state index in [0.717, 1.165) is 16.5 Å². The van der Waals surface area contributed by atoms with Crippen molar-refractivity contribution < 1.29 is 9.59 Å². The summed E-state index contributed by atoms with van der Waals surface area (Å²) < 4.78 is 0. The van der Waals surface area contributed by atoms with Gasteiger partial charge in [0.1, 0.15) is 6.04 Å². The summed E-state index contributed by atoms with van der Waals surface area (Å²) in [7, 11) is 1.54. The zero-order valence-electron chi connectivity index (χ0n) is 14.2. The molecule has 0 saturated heterocycles. The monoisotopic (exact) mass is 370 g/mol. The number of aromatic amines is 1. The SMILES string of the molecule is CNC(=O)[C@H](Cc1c[nH]c2ccccc12)NC(=O)Nc1cccc(Cl)c1. The van der Waals surface area contributed by atoms with Gasteiger partial charge in [0.05, 0.1) is 0 Å². The standard InChI is InChI=1S/C19H19ClN4O2/c1-21-18(25)17(9-12-11-22-16-8-3-2-7-15(12)16)24-19(26)23-14-6-4-5-13(20)10-14/h2-8,10-11,17,22H,9H2,1H3,(H,21,25)(H2,23,24,26)/t17-/m0/s1. The fourth-order valence-electron chi connectivity index (χ4n) is 2.80. The van der Waals surface area contributed by atoms with Crippen molar-refractivity contribution in [3.05, 3.63) is 65.3 Å². The lowest BCUT2D eigenvalue weighted by atomic mass is 10.0. The van der Waals surface area contributed by atoms with Crippen LogP contribution in [0.5, 0.6) is 0 Å². The number of halogens is 1. The molecule has 0 radical (unpaired) electrons. The lowest BCUT2D eigenvalue weighted by Crippen LogP contribution is -2.48. The van der Waals surface area contributed by atoms with Gasteiger partial charge in [-0.1, -0.05) is 35.9 Å². The Hall–Kier alpha value is -2.99. The first kappa shape index (κ1) is 17.8. The number of benzene rings is 2. The molecule has 0 unspecified atom stereocenters. The van der Waals surface area contributed by atoms with Gasteiger partial charge in [-0.25, -0.2) is 4.79 Å². The zero-order valence-corrected chi connectivity index (χ0v) is 14.9. The van der Waals surface area contributed by atoms with Gasteiger partial charge in [-0.2, -0.15) is 0 Å². The molecule has 7 heteroatoms.